The number of nitrogens with one attached hydrogen (secondary N) is 1. The van der Waals surface area contributed by atoms with E-state index in [4.69, 9.17) is 0 Å². The molecule has 1 aromatic heterocycles. The van der Waals surface area contributed by atoms with Crippen LogP contribution in [-0.2, 0) is 0 Å². The highest BCUT2D eigenvalue weighted by molar-refractivity contribution is 5.41. The molecule has 2 rings (SSSR count). The SMILES string of the molecule is CC1CCC(Nc2ccnc(N(C)C)n2)C1C. The molecule has 4 nitrogen and oxygen atoms in total. The van der Waals surface area contributed by atoms with Crippen molar-refractivity contribution in [2.75, 3.05) is 24.3 Å². The normalized spacial score (nSPS) is 28.1. The lowest BCUT2D eigenvalue weighted by atomic mass is 9.98. The minimum Gasteiger partial charge on any atom is -0.367 e. The largest absolute Gasteiger partial charge is 0.367 e. The van der Waals surface area contributed by atoms with E-state index < -0.39 is 0 Å². The molecule has 0 aliphatic heterocycles. The first kappa shape index (κ1) is 12.1. The highest BCUT2D eigenvalue weighted by Crippen LogP contribution is 2.32. The Kier molecular flexibility index (Phi) is 3.50. The van der Waals surface area contributed by atoms with Crippen LogP contribution in [0.3, 0.4) is 0 Å². The van der Waals surface area contributed by atoms with Gasteiger partial charge in [0.15, 0.2) is 0 Å². The number of hydrogen-bond donors (Lipinski definition) is 1. The van der Waals surface area contributed by atoms with Crippen LogP contribution in [0, 0.1) is 11.8 Å². The van der Waals surface area contributed by atoms with Gasteiger partial charge in [0, 0.05) is 26.3 Å². The van der Waals surface area contributed by atoms with Gasteiger partial charge in [0.05, 0.1) is 0 Å². The van der Waals surface area contributed by atoms with Gasteiger partial charge in [-0.15, -0.1) is 0 Å². The molecule has 4 heteroatoms. The van der Waals surface area contributed by atoms with Gasteiger partial charge in [-0.2, -0.15) is 4.98 Å². The van der Waals surface area contributed by atoms with E-state index in [0.29, 0.717) is 12.0 Å². The van der Waals surface area contributed by atoms with Crippen molar-refractivity contribution < 1.29 is 0 Å². The summed E-state index contributed by atoms with van der Waals surface area (Å²) in [5.74, 6) is 3.22. The summed E-state index contributed by atoms with van der Waals surface area (Å²) in [6.45, 7) is 4.65. The highest BCUT2D eigenvalue weighted by atomic mass is 15.2. The van der Waals surface area contributed by atoms with Crippen LogP contribution in [0.25, 0.3) is 0 Å². The summed E-state index contributed by atoms with van der Waals surface area (Å²) in [7, 11) is 3.92. The quantitative estimate of drug-likeness (QED) is 0.872. The lowest BCUT2D eigenvalue weighted by molar-refractivity contribution is 0.435. The van der Waals surface area contributed by atoms with Gasteiger partial charge in [-0.05, 0) is 30.7 Å². The van der Waals surface area contributed by atoms with Crippen LogP contribution in [0.15, 0.2) is 12.3 Å². The van der Waals surface area contributed by atoms with Crippen molar-refractivity contribution in [3.05, 3.63) is 12.3 Å². The topological polar surface area (TPSA) is 41.1 Å². The summed E-state index contributed by atoms with van der Waals surface area (Å²) in [6, 6.07) is 2.50. The molecule has 1 aromatic rings. The first-order valence-corrected chi connectivity index (χ1v) is 6.35. The van der Waals surface area contributed by atoms with Gasteiger partial charge in [0.25, 0.3) is 0 Å². The van der Waals surface area contributed by atoms with E-state index >= 15 is 0 Å². The molecule has 1 N–H and O–H groups in total. The molecule has 1 saturated carbocycles. The maximum atomic E-state index is 4.50. The van der Waals surface area contributed by atoms with Crippen molar-refractivity contribution in [1.29, 1.82) is 0 Å². The Morgan fingerprint density at radius 1 is 1.29 bits per heavy atom. The molecule has 0 saturated heterocycles. The zero-order valence-electron chi connectivity index (χ0n) is 11.1. The van der Waals surface area contributed by atoms with Gasteiger partial charge in [-0.3, -0.25) is 0 Å². The maximum Gasteiger partial charge on any atom is 0.226 e. The molecule has 1 aliphatic rings. The van der Waals surface area contributed by atoms with Crippen molar-refractivity contribution in [3.8, 4) is 0 Å². The molecule has 17 heavy (non-hydrogen) atoms. The van der Waals surface area contributed by atoms with E-state index in [1.54, 1.807) is 0 Å². The summed E-state index contributed by atoms with van der Waals surface area (Å²) in [5, 5.41) is 3.54. The van der Waals surface area contributed by atoms with E-state index in [0.717, 1.165) is 17.7 Å². The molecular weight excluding hydrogens is 212 g/mol. The molecule has 0 bridgehead atoms. The van der Waals surface area contributed by atoms with Gasteiger partial charge in [0.2, 0.25) is 5.95 Å². The minimum absolute atomic E-state index is 0.551. The Morgan fingerprint density at radius 3 is 2.65 bits per heavy atom. The van der Waals surface area contributed by atoms with Crippen molar-refractivity contribution in [1.82, 2.24) is 9.97 Å². The summed E-state index contributed by atoms with van der Waals surface area (Å²) in [6.07, 6.45) is 4.36. The summed E-state index contributed by atoms with van der Waals surface area (Å²) in [5.41, 5.74) is 0. The highest BCUT2D eigenvalue weighted by Gasteiger charge is 2.29. The fraction of sp³-hybridized carbons (Fsp3) is 0.692. The van der Waals surface area contributed by atoms with Gasteiger partial charge in [-0.25, -0.2) is 4.98 Å². The molecular formula is C13H22N4. The molecule has 0 amide bonds. The van der Waals surface area contributed by atoms with Crippen molar-refractivity contribution >= 4 is 11.8 Å². The lowest BCUT2D eigenvalue weighted by Crippen LogP contribution is -2.25. The van der Waals surface area contributed by atoms with Gasteiger partial charge in [0.1, 0.15) is 5.82 Å². The average molecular weight is 234 g/mol. The van der Waals surface area contributed by atoms with E-state index in [-0.39, 0.29) is 0 Å². The number of anilines is 2. The van der Waals surface area contributed by atoms with E-state index in [9.17, 15) is 0 Å². The third-order valence-electron chi connectivity index (χ3n) is 3.84. The van der Waals surface area contributed by atoms with Gasteiger partial charge < -0.3 is 10.2 Å². The summed E-state index contributed by atoms with van der Waals surface area (Å²) < 4.78 is 0. The summed E-state index contributed by atoms with van der Waals surface area (Å²) in [4.78, 5) is 10.6. The van der Waals surface area contributed by atoms with E-state index in [1.807, 2.05) is 31.3 Å². The Bertz CT molecular complexity index is 377. The number of nitrogens with zero attached hydrogens (tertiary/aromatic N) is 3. The predicted molar refractivity (Wildman–Crippen MR) is 71.3 cm³/mol. The van der Waals surface area contributed by atoms with Crippen molar-refractivity contribution in [2.45, 2.75) is 32.7 Å². The van der Waals surface area contributed by atoms with Crippen molar-refractivity contribution in [2.24, 2.45) is 11.8 Å². The van der Waals surface area contributed by atoms with Crippen LogP contribution >= 0.6 is 0 Å². The first-order chi connectivity index (χ1) is 8.08. The van der Waals surface area contributed by atoms with Crippen molar-refractivity contribution in [3.63, 3.8) is 0 Å². The zero-order chi connectivity index (χ0) is 12.4. The first-order valence-electron chi connectivity index (χ1n) is 6.35. The maximum absolute atomic E-state index is 4.50. The third kappa shape index (κ3) is 2.68. The standard InChI is InChI=1S/C13H22N4/c1-9-5-6-11(10(9)2)15-12-7-8-14-13(16-12)17(3)4/h7-11H,5-6H2,1-4H3,(H,14,15,16). The van der Waals surface area contributed by atoms with Crippen LogP contribution in [0.1, 0.15) is 26.7 Å². The number of rotatable bonds is 3. The zero-order valence-corrected chi connectivity index (χ0v) is 11.1. The molecule has 0 spiro atoms. The second-order valence-electron chi connectivity index (χ2n) is 5.30. The van der Waals surface area contributed by atoms with Crippen LogP contribution in [0.2, 0.25) is 0 Å². The van der Waals surface area contributed by atoms with Crippen LogP contribution in [0.4, 0.5) is 11.8 Å². The van der Waals surface area contributed by atoms with Crippen LogP contribution in [0.5, 0.6) is 0 Å². The molecule has 3 unspecified atom stereocenters. The second kappa shape index (κ2) is 4.90. The minimum atomic E-state index is 0.551. The van der Waals surface area contributed by atoms with Crippen LogP contribution < -0.4 is 10.2 Å². The van der Waals surface area contributed by atoms with Gasteiger partial charge >= 0.3 is 0 Å². The number of aromatic nitrogens is 2. The average Bonchev–Trinajstić information content (AvgIpc) is 2.61. The Morgan fingerprint density at radius 2 is 2.06 bits per heavy atom. The Hall–Kier alpha value is -1.32. The fourth-order valence-corrected chi connectivity index (χ4v) is 2.40. The predicted octanol–water partition coefficient (Wildman–Crippen LogP) is 2.39. The lowest BCUT2D eigenvalue weighted by Gasteiger charge is -2.20. The van der Waals surface area contributed by atoms with E-state index in [2.05, 4.69) is 29.1 Å². The van der Waals surface area contributed by atoms with E-state index in [1.165, 1.54) is 12.8 Å². The Balaban J connectivity index is 2.06. The monoisotopic (exact) mass is 234 g/mol. The third-order valence-corrected chi connectivity index (χ3v) is 3.84. The van der Waals surface area contributed by atoms with Crippen LogP contribution in [-0.4, -0.2) is 30.1 Å². The molecule has 94 valence electrons. The molecule has 0 aromatic carbocycles. The molecule has 0 radical (unpaired) electrons. The Labute approximate surface area is 103 Å². The smallest absolute Gasteiger partial charge is 0.226 e. The summed E-state index contributed by atoms with van der Waals surface area (Å²) >= 11 is 0. The number of hydrogen-bond acceptors (Lipinski definition) is 4. The molecule has 3 atom stereocenters. The second-order valence-corrected chi connectivity index (χ2v) is 5.30. The molecule has 1 fully saturated rings. The molecule has 1 aliphatic carbocycles. The fourth-order valence-electron chi connectivity index (χ4n) is 2.40. The molecule has 1 heterocycles. The van der Waals surface area contributed by atoms with Gasteiger partial charge in [-0.1, -0.05) is 13.8 Å².